The van der Waals surface area contributed by atoms with Gasteiger partial charge in [0.05, 0.1) is 6.10 Å². The van der Waals surface area contributed by atoms with Crippen molar-refractivity contribution in [3.63, 3.8) is 0 Å². The summed E-state index contributed by atoms with van der Waals surface area (Å²) in [6.45, 7) is 2.26. The summed E-state index contributed by atoms with van der Waals surface area (Å²) in [5.41, 5.74) is 4.86. The molecule has 4 nitrogen and oxygen atoms in total. The van der Waals surface area contributed by atoms with Gasteiger partial charge in [0.15, 0.2) is 0 Å². The molecule has 2 aliphatic rings. The van der Waals surface area contributed by atoms with Gasteiger partial charge in [-0.05, 0) is 42.0 Å². The van der Waals surface area contributed by atoms with Crippen molar-refractivity contribution in [2.24, 2.45) is 5.92 Å². The fourth-order valence-corrected chi connectivity index (χ4v) is 4.49. The SMILES string of the molecule is C[C@@H](NC(=O)OCC1c2ccccc2-c2ccccc21)[C@@H]1CCC[C@@H]1O. The zero-order valence-corrected chi connectivity index (χ0v) is 15.0. The Morgan fingerprint density at radius 1 is 1.12 bits per heavy atom. The van der Waals surface area contributed by atoms with Gasteiger partial charge >= 0.3 is 6.09 Å². The highest BCUT2D eigenvalue weighted by molar-refractivity contribution is 5.79. The van der Waals surface area contributed by atoms with E-state index in [2.05, 4.69) is 29.6 Å². The number of rotatable bonds is 4. The quantitative estimate of drug-likeness (QED) is 0.873. The van der Waals surface area contributed by atoms with Crippen molar-refractivity contribution in [3.8, 4) is 11.1 Å². The lowest BCUT2D eigenvalue weighted by molar-refractivity contribution is 0.102. The molecule has 2 aliphatic carbocycles. The molecule has 1 saturated carbocycles. The molecule has 136 valence electrons. The first kappa shape index (κ1) is 17.1. The summed E-state index contributed by atoms with van der Waals surface area (Å²) in [6, 6.07) is 16.5. The number of nitrogens with one attached hydrogen (secondary N) is 1. The number of alkyl carbamates (subject to hydrolysis) is 1. The van der Waals surface area contributed by atoms with Crippen LogP contribution in [0.5, 0.6) is 0 Å². The van der Waals surface area contributed by atoms with Crippen LogP contribution >= 0.6 is 0 Å². The van der Waals surface area contributed by atoms with Crippen LogP contribution in [0.4, 0.5) is 4.79 Å². The fraction of sp³-hybridized carbons (Fsp3) is 0.409. The van der Waals surface area contributed by atoms with E-state index < -0.39 is 6.09 Å². The second-order valence-corrected chi connectivity index (χ2v) is 7.42. The highest BCUT2D eigenvalue weighted by Gasteiger charge is 2.32. The third kappa shape index (κ3) is 3.10. The third-order valence-electron chi connectivity index (χ3n) is 5.86. The minimum absolute atomic E-state index is 0.0699. The maximum Gasteiger partial charge on any atom is 0.407 e. The van der Waals surface area contributed by atoms with Crippen molar-refractivity contribution in [3.05, 3.63) is 59.7 Å². The second kappa shape index (κ2) is 7.12. The highest BCUT2D eigenvalue weighted by atomic mass is 16.5. The van der Waals surface area contributed by atoms with E-state index in [1.807, 2.05) is 31.2 Å². The number of ether oxygens (including phenoxy) is 1. The topological polar surface area (TPSA) is 58.6 Å². The summed E-state index contributed by atoms with van der Waals surface area (Å²) in [5.74, 6) is 0.191. The summed E-state index contributed by atoms with van der Waals surface area (Å²) in [5, 5.41) is 12.9. The molecule has 0 bridgehead atoms. The molecule has 0 aliphatic heterocycles. The number of hydrogen-bond donors (Lipinski definition) is 2. The maximum atomic E-state index is 12.3. The molecule has 2 aromatic carbocycles. The molecular formula is C22H25NO3. The van der Waals surface area contributed by atoms with Gasteiger partial charge in [-0.25, -0.2) is 4.79 Å². The number of fused-ring (bicyclic) bond motifs is 3. The highest BCUT2D eigenvalue weighted by Crippen LogP contribution is 2.44. The third-order valence-corrected chi connectivity index (χ3v) is 5.86. The van der Waals surface area contributed by atoms with E-state index in [1.165, 1.54) is 22.3 Å². The summed E-state index contributed by atoms with van der Waals surface area (Å²) in [4.78, 5) is 12.3. The van der Waals surface area contributed by atoms with E-state index in [4.69, 9.17) is 4.74 Å². The normalized spacial score (nSPS) is 22.5. The van der Waals surface area contributed by atoms with E-state index in [0.29, 0.717) is 6.61 Å². The van der Waals surface area contributed by atoms with Gasteiger partial charge in [-0.1, -0.05) is 55.0 Å². The lowest BCUT2D eigenvalue weighted by Crippen LogP contribution is -2.41. The van der Waals surface area contributed by atoms with Crippen molar-refractivity contribution in [1.29, 1.82) is 0 Å². The van der Waals surface area contributed by atoms with Crippen molar-refractivity contribution >= 4 is 6.09 Å². The van der Waals surface area contributed by atoms with Crippen LogP contribution in [0.25, 0.3) is 11.1 Å². The smallest absolute Gasteiger partial charge is 0.407 e. The number of amides is 1. The van der Waals surface area contributed by atoms with Gasteiger partial charge in [-0.3, -0.25) is 0 Å². The van der Waals surface area contributed by atoms with Crippen LogP contribution in [0.15, 0.2) is 48.5 Å². The lowest BCUT2D eigenvalue weighted by atomic mass is 9.97. The summed E-state index contributed by atoms with van der Waals surface area (Å²) in [6.07, 6.45) is 2.06. The molecule has 0 spiro atoms. The minimum Gasteiger partial charge on any atom is -0.449 e. The Morgan fingerprint density at radius 2 is 1.73 bits per heavy atom. The van der Waals surface area contributed by atoms with E-state index in [-0.39, 0.29) is 24.0 Å². The van der Waals surface area contributed by atoms with Crippen molar-refractivity contribution in [2.75, 3.05) is 6.61 Å². The average molecular weight is 351 g/mol. The number of aliphatic hydroxyl groups is 1. The Labute approximate surface area is 154 Å². The Kier molecular flexibility index (Phi) is 4.68. The number of carbonyl (C=O) groups is 1. The van der Waals surface area contributed by atoms with E-state index in [9.17, 15) is 9.90 Å². The number of aliphatic hydroxyl groups excluding tert-OH is 1. The Bertz CT molecular complexity index is 758. The maximum absolute atomic E-state index is 12.3. The molecule has 0 aromatic heterocycles. The second-order valence-electron chi connectivity index (χ2n) is 7.42. The largest absolute Gasteiger partial charge is 0.449 e. The average Bonchev–Trinajstić information content (AvgIpc) is 3.21. The van der Waals surface area contributed by atoms with Gasteiger partial charge in [0.1, 0.15) is 6.61 Å². The molecule has 2 aromatic rings. The van der Waals surface area contributed by atoms with Crippen molar-refractivity contribution in [1.82, 2.24) is 5.32 Å². The van der Waals surface area contributed by atoms with E-state index in [0.717, 1.165) is 19.3 Å². The molecule has 4 rings (SSSR count). The minimum atomic E-state index is -0.404. The van der Waals surface area contributed by atoms with Gasteiger partial charge in [0.2, 0.25) is 0 Å². The molecule has 2 N–H and O–H groups in total. The molecule has 26 heavy (non-hydrogen) atoms. The summed E-state index contributed by atoms with van der Waals surface area (Å²) >= 11 is 0. The van der Waals surface area contributed by atoms with Gasteiger partial charge in [0.25, 0.3) is 0 Å². The van der Waals surface area contributed by atoms with Gasteiger partial charge in [-0.2, -0.15) is 0 Å². The number of carbonyl (C=O) groups excluding carboxylic acids is 1. The number of benzene rings is 2. The lowest BCUT2D eigenvalue weighted by Gasteiger charge is -2.23. The molecule has 3 atom stereocenters. The van der Waals surface area contributed by atoms with Crippen LogP contribution in [-0.2, 0) is 4.74 Å². The number of hydrogen-bond acceptors (Lipinski definition) is 3. The molecular weight excluding hydrogens is 326 g/mol. The van der Waals surface area contributed by atoms with Crippen LogP contribution in [0.1, 0.15) is 43.2 Å². The molecule has 0 unspecified atom stereocenters. The molecule has 0 heterocycles. The van der Waals surface area contributed by atoms with E-state index in [1.54, 1.807) is 0 Å². The van der Waals surface area contributed by atoms with Gasteiger partial charge < -0.3 is 15.2 Å². The zero-order valence-electron chi connectivity index (χ0n) is 15.0. The molecule has 1 fully saturated rings. The van der Waals surface area contributed by atoms with Crippen molar-refractivity contribution in [2.45, 2.75) is 44.2 Å². The van der Waals surface area contributed by atoms with E-state index >= 15 is 0 Å². The predicted octanol–water partition coefficient (Wildman–Crippen LogP) is 4.07. The first-order chi connectivity index (χ1) is 12.6. The standard InChI is InChI=1S/C22H25NO3/c1-14(15-11-6-12-21(15)24)23-22(25)26-13-20-18-9-4-2-7-16(18)17-8-3-5-10-19(17)20/h2-5,7-10,14-15,20-21,24H,6,11-13H2,1H3,(H,23,25)/t14-,15+,21+/m1/s1. The first-order valence-corrected chi connectivity index (χ1v) is 9.44. The molecule has 0 saturated heterocycles. The summed E-state index contributed by atoms with van der Waals surface area (Å²) < 4.78 is 5.57. The van der Waals surface area contributed by atoms with Crippen LogP contribution in [0, 0.1) is 5.92 Å². The van der Waals surface area contributed by atoms with Crippen molar-refractivity contribution < 1.29 is 14.6 Å². The molecule has 0 radical (unpaired) electrons. The monoisotopic (exact) mass is 351 g/mol. The molecule has 4 heteroatoms. The molecule has 1 amide bonds. The van der Waals surface area contributed by atoms with Gasteiger partial charge in [-0.15, -0.1) is 0 Å². The van der Waals surface area contributed by atoms with Gasteiger partial charge in [0, 0.05) is 17.9 Å². The summed E-state index contributed by atoms with van der Waals surface area (Å²) in [7, 11) is 0. The van der Waals surface area contributed by atoms with Crippen LogP contribution in [0.2, 0.25) is 0 Å². The van der Waals surface area contributed by atoms with Crippen LogP contribution in [-0.4, -0.2) is 30.0 Å². The van der Waals surface area contributed by atoms with Crippen LogP contribution in [0.3, 0.4) is 0 Å². The Balaban J connectivity index is 1.42. The Morgan fingerprint density at radius 3 is 2.31 bits per heavy atom. The fourth-order valence-electron chi connectivity index (χ4n) is 4.49. The predicted molar refractivity (Wildman–Crippen MR) is 101 cm³/mol. The Hall–Kier alpha value is -2.33. The zero-order chi connectivity index (χ0) is 18.1. The van der Waals surface area contributed by atoms with Crippen LogP contribution < -0.4 is 5.32 Å². The first-order valence-electron chi connectivity index (χ1n) is 9.44.